The van der Waals surface area contributed by atoms with Crippen molar-refractivity contribution < 1.29 is 4.92 Å². The summed E-state index contributed by atoms with van der Waals surface area (Å²) in [7, 11) is 0. The molecule has 0 saturated carbocycles. The van der Waals surface area contributed by atoms with Gasteiger partial charge < -0.3 is 0 Å². The second kappa shape index (κ2) is 4.05. The molecule has 16 heavy (non-hydrogen) atoms. The minimum atomic E-state index is -0.669. The first kappa shape index (κ1) is 11.4. The average molecular weight is 277 g/mol. The Bertz CT molecular complexity index is 601. The van der Waals surface area contributed by atoms with Gasteiger partial charge in [0.15, 0.2) is 0 Å². The molecule has 0 radical (unpaired) electrons. The van der Waals surface area contributed by atoms with Gasteiger partial charge in [-0.3, -0.25) is 10.1 Å². The van der Waals surface area contributed by atoms with Crippen molar-refractivity contribution in [1.82, 2.24) is 4.98 Å². The molecule has 1 aromatic heterocycles. The van der Waals surface area contributed by atoms with Crippen molar-refractivity contribution in [3.05, 3.63) is 43.5 Å². The van der Waals surface area contributed by atoms with E-state index in [0.29, 0.717) is 15.9 Å². The van der Waals surface area contributed by atoms with Gasteiger partial charge in [0.05, 0.1) is 15.5 Å². The van der Waals surface area contributed by atoms with Crippen LogP contribution in [0.5, 0.6) is 0 Å². The fraction of sp³-hybridized carbons (Fsp3) is 0. The second-order valence-corrected chi connectivity index (χ2v) is 4.10. The van der Waals surface area contributed by atoms with Crippen LogP contribution in [-0.2, 0) is 0 Å². The summed E-state index contributed by atoms with van der Waals surface area (Å²) in [5.41, 5.74) is -0.0529. The Morgan fingerprint density at radius 1 is 1.25 bits per heavy atom. The molecule has 2 rings (SSSR count). The molecule has 0 spiro atoms. The highest BCUT2D eigenvalue weighted by molar-refractivity contribution is 6.43. The van der Waals surface area contributed by atoms with Gasteiger partial charge in [-0.1, -0.05) is 46.9 Å². The molecular formula is C9H3Cl3N2O2. The molecule has 0 N–H and O–H groups in total. The summed E-state index contributed by atoms with van der Waals surface area (Å²) in [5, 5.41) is 11.2. The maximum atomic E-state index is 10.7. The van der Waals surface area contributed by atoms with E-state index in [-0.39, 0.29) is 10.2 Å². The Labute approximate surface area is 105 Å². The van der Waals surface area contributed by atoms with Crippen molar-refractivity contribution in [1.29, 1.82) is 0 Å². The van der Waals surface area contributed by atoms with Crippen molar-refractivity contribution >= 4 is 51.4 Å². The van der Waals surface area contributed by atoms with Crippen LogP contribution >= 0.6 is 34.8 Å². The molecule has 4 nitrogen and oxygen atoms in total. The van der Waals surface area contributed by atoms with Crippen LogP contribution in [0.2, 0.25) is 15.2 Å². The van der Waals surface area contributed by atoms with Crippen LogP contribution in [0.4, 0.5) is 5.69 Å². The maximum absolute atomic E-state index is 10.7. The molecule has 0 aliphatic rings. The van der Waals surface area contributed by atoms with Gasteiger partial charge in [0.2, 0.25) is 5.15 Å². The largest absolute Gasteiger partial charge is 0.325 e. The lowest BCUT2D eigenvalue weighted by Crippen LogP contribution is -1.94. The minimum absolute atomic E-state index is 0.0532. The van der Waals surface area contributed by atoms with E-state index in [0.717, 1.165) is 0 Å². The zero-order chi connectivity index (χ0) is 11.9. The van der Waals surface area contributed by atoms with Gasteiger partial charge in [0, 0.05) is 5.39 Å². The molecular weight excluding hydrogens is 274 g/mol. The highest BCUT2D eigenvalue weighted by atomic mass is 35.5. The number of benzene rings is 1. The first-order valence-electron chi connectivity index (χ1n) is 4.10. The number of rotatable bonds is 1. The molecule has 0 unspecified atom stereocenters. The molecule has 2 aromatic rings. The summed E-state index contributed by atoms with van der Waals surface area (Å²) in [6, 6.07) is 4.84. The van der Waals surface area contributed by atoms with E-state index in [1.807, 2.05) is 0 Å². The van der Waals surface area contributed by atoms with E-state index in [2.05, 4.69) is 4.98 Å². The number of pyridine rings is 1. The highest BCUT2D eigenvalue weighted by Crippen LogP contribution is 2.38. The highest BCUT2D eigenvalue weighted by Gasteiger charge is 2.22. The maximum Gasteiger partial charge on any atom is 0.325 e. The quantitative estimate of drug-likeness (QED) is 0.448. The first-order chi connectivity index (χ1) is 7.52. The molecule has 0 saturated heterocycles. The van der Waals surface area contributed by atoms with Crippen LogP contribution in [0.15, 0.2) is 18.2 Å². The van der Waals surface area contributed by atoms with Crippen molar-refractivity contribution in [2.45, 2.75) is 0 Å². The number of para-hydroxylation sites is 1. The normalized spacial score (nSPS) is 10.7. The SMILES string of the molecule is O=[N+]([O-])c1c(Cl)nc2c(Cl)cccc2c1Cl. The number of nitrogens with zero attached hydrogens (tertiary/aromatic N) is 2. The summed E-state index contributed by atoms with van der Waals surface area (Å²) in [4.78, 5) is 13.9. The van der Waals surface area contributed by atoms with Gasteiger partial charge in [-0.05, 0) is 6.07 Å². The molecule has 0 bridgehead atoms. The number of hydrogen-bond acceptors (Lipinski definition) is 3. The Morgan fingerprint density at radius 2 is 1.94 bits per heavy atom. The van der Waals surface area contributed by atoms with Crippen LogP contribution < -0.4 is 0 Å². The Hall–Kier alpha value is -1.10. The van der Waals surface area contributed by atoms with Gasteiger partial charge >= 0.3 is 5.69 Å². The molecule has 0 aliphatic heterocycles. The summed E-state index contributed by atoms with van der Waals surface area (Å²) in [6.45, 7) is 0. The zero-order valence-electron chi connectivity index (χ0n) is 7.58. The van der Waals surface area contributed by atoms with Crippen molar-refractivity contribution in [3.8, 4) is 0 Å². The molecule has 1 aromatic carbocycles. The van der Waals surface area contributed by atoms with E-state index in [9.17, 15) is 10.1 Å². The third-order valence-corrected chi connectivity index (χ3v) is 2.97. The van der Waals surface area contributed by atoms with Crippen LogP contribution in [-0.4, -0.2) is 9.91 Å². The summed E-state index contributed by atoms with van der Waals surface area (Å²) in [6.07, 6.45) is 0. The molecule has 0 amide bonds. The van der Waals surface area contributed by atoms with Gasteiger partial charge in [-0.25, -0.2) is 4.98 Å². The third-order valence-electron chi connectivity index (χ3n) is 2.02. The number of aromatic nitrogens is 1. The number of fused-ring (bicyclic) bond motifs is 1. The molecule has 7 heteroatoms. The minimum Gasteiger partial charge on any atom is -0.258 e. The van der Waals surface area contributed by atoms with E-state index in [1.54, 1.807) is 18.2 Å². The monoisotopic (exact) mass is 276 g/mol. The standard InChI is InChI=1S/C9H3Cl3N2O2/c10-5-3-1-2-4-6(11)8(14(15)16)9(12)13-7(4)5/h1-3H. The van der Waals surface area contributed by atoms with Gasteiger partial charge in [-0.15, -0.1) is 0 Å². The van der Waals surface area contributed by atoms with Crippen LogP contribution in [0.25, 0.3) is 10.9 Å². The Balaban J connectivity index is 2.94. The zero-order valence-corrected chi connectivity index (χ0v) is 9.84. The average Bonchev–Trinajstić information content (AvgIpc) is 2.19. The van der Waals surface area contributed by atoms with Crippen molar-refractivity contribution in [2.24, 2.45) is 0 Å². The lowest BCUT2D eigenvalue weighted by molar-refractivity contribution is -0.384. The smallest absolute Gasteiger partial charge is 0.258 e. The van der Waals surface area contributed by atoms with Crippen LogP contribution in [0, 0.1) is 10.1 Å². The molecule has 0 fully saturated rings. The first-order valence-corrected chi connectivity index (χ1v) is 5.23. The topological polar surface area (TPSA) is 56.0 Å². The number of hydrogen-bond donors (Lipinski definition) is 0. The lowest BCUT2D eigenvalue weighted by atomic mass is 10.2. The molecule has 0 aliphatic carbocycles. The van der Waals surface area contributed by atoms with E-state index < -0.39 is 10.6 Å². The predicted octanol–water partition coefficient (Wildman–Crippen LogP) is 4.10. The Morgan fingerprint density at radius 3 is 2.56 bits per heavy atom. The van der Waals surface area contributed by atoms with Crippen molar-refractivity contribution in [3.63, 3.8) is 0 Å². The van der Waals surface area contributed by atoms with E-state index in [4.69, 9.17) is 34.8 Å². The predicted molar refractivity (Wildman–Crippen MR) is 63.4 cm³/mol. The number of halogens is 3. The summed E-state index contributed by atoms with van der Waals surface area (Å²) >= 11 is 17.5. The lowest BCUT2D eigenvalue weighted by Gasteiger charge is -2.03. The van der Waals surface area contributed by atoms with E-state index in [1.165, 1.54) is 0 Å². The van der Waals surface area contributed by atoms with Crippen LogP contribution in [0.3, 0.4) is 0 Å². The summed E-state index contributed by atoms with van der Waals surface area (Å²) in [5.74, 6) is 0. The third kappa shape index (κ3) is 1.69. The fourth-order valence-electron chi connectivity index (χ4n) is 1.33. The fourth-order valence-corrected chi connectivity index (χ4v) is 2.15. The molecule has 1 heterocycles. The van der Waals surface area contributed by atoms with Gasteiger partial charge in [-0.2, -0.15) is 0 Å². The van der Waals surface area contributed by atoms with Gasteiger partial charge in [0.25, 0.3) is 0 Å². The summed E-state index contributed by atoms with van der Waals surface area (Å²) < 4.78 is 0. The molecule has 0 atom stereocenters. The van der Waals surface area contributed by atoms with E-state index >= 15 is 0 Å². The molecule has 82 valence electrons. The van der Waals surface area contributed by atoms with Gasteiger partial charge in [0.1, 0.15) is 5.02 Å². The van der Waals surface area contributed by atoms with Crippen molar-refractivity contribution in [2.75, 3.05) is 0 Å². The Kier molecular flexibility index (Phi) is 2.88. The number of nitro groups is 1. The second-order valence-electron chi connectivity index (χ2n) is 2.96. The van der Waals surface area contributed by atoms with Crippen LogP contribution in [0.1, 0.15) is 0 Å².